The van der Waals surface area contributed by atoms with E-state index in [2.05, 4.69) is 33.7 Å². The summed E-state index contributed by atoms with van der Waals surface area (Å²) < 4.78 is 5.27. The van der Waals surface area contributed by atoms with Gasteiger partial charge in [-0.25, -0.2) is 0 Å². The third kappa shape index (κ3) is 4.81. The van der Waals surface area contributed by atoms with Gasteiger partial charge in [0.25, 0.3) is 5.91 Å². The quantitative estimate of drug-likeness (QED) is 0.612. The van der Waals surface area contributed by atoms with E-state index >= 15 is 0 Å². The SMILES string of the molecule is COc1ccccc1NC(=O)c1ccc(NC(=O)C(C)N2CCc3ccccc3C2)cc1. The Bertz CT molecular complexity index is 1110. The maximum atomic E-state index is 12.8. The molecule has 1 unspecified atom stereocenters. The largest absolute Gasteiger partial charge is 0.495 e. The van der Waals surface area contributed by atoms with Crippen LogP contribution in [-0.2, 0) is 17.8 Å². The highest BCUT2D eigenvalue weighted by Crippen LogP contribution is 2.24. The van der Waals surface area contributed by atoms with Crippen LogP contribution in [0.5, 0.6) is 5.75 Å². The standard InChI is InChI=1S/C26H27N3O3/c1-18(29-16-15-19-7-3-4-8-21(19)17-29)25(30)27-22-13-11-20(12-14-22)26(31)28-23-9-5-6-10-24(23)32-2/h3-14,18H,15-17H2,1-2H3,(H,27,30)(H,28,31). The molecule has 0 spiro atoms. The summed E-state index contributed by atoms with van der Waals surface area (Å²) >= 11 is 0. The van der Waals surface area contributed by atoms with E-state index in [1.165, 1.54) is 11.1 Å². The summed E-state index contributed by atoms with van der Waals surface area (Å²) in [6.45, 7) is 3.55. The number of carbonyl (C=O) groups is 2. The van der Waals surface area contributed by atoms with Crippen molar-refractivity contribution in [3.63, 3.8) is 0 Å². The molecule has 0 saturated carbocycles. The number of fused-ring (bicyclic) bond motifs is 1. The zero-order valence-corrected chi connectivity index (χ0v) is 18.3. The number of para-hydroxylation sites is 2. The lowest BCUT2D eigenvalue weighted by molar-refractivity contribution is -0.121. The first-order chi connectivity index (χ1) is 15.5. The molecule has 2 amide bonds. The van der Waals surface area contributed by atoms with Crippen LogP contribution in [-0.4, -0.2) is 36.4 Å². The molecule has 6 nitrogen and oxygen atoms in total. The van der Waals surface area contributed by atoms with Crippen molar-refractivity contribution in [2.75, 3.05) is 24.3 Å². The average Bonchev–Trinajstić information content (AvgIpc) is 2.84. The number of nitrogens with one attached hydrogen (secondary N) is 2. The van der Waals surface area contributed by atoms with E-state index in [-0.39, 0.29) is 17.9 Å². The summed E-state index contributed by atoms with van der Waals surface area (Å²) in [6, 6.07) is 22.3. The summed E-state index contributed by atoms with van der Waals surface area (Å²) in [7, 11) is 1.56. The smallest absolute Gasteiger partial charge is 0.255 e. The molecule has 2 N–H and O–H groups in total. The van der Waals surface area contributed by atoms with Crippen LogP contribution in [0.3, 0.4) is 0 Å². The minimum Gasteiger partial charge on any atom is -0.495 e. The highest BCUT2D eigenvalue weighted by atomic mass is 16.5. The molecule has 1 heterocycles. The zero-order valence-electron chi connectivity index (χ0n) is 18.3. The molecule has 6 heteroatoms. The molecule has 3 aromatic rings. The number of anilines is 2. The lowest BCUT2D eigenvalue weighted by Gasteiger charge is -2.32. The first-order valence-corrected chi connectivity index (χ1v) is 10.7. The van der Waals surface area contributed by atoms with Crippen molar-refractivity contribution in [3.8, 4) is 5.75 Å². The second kappa shape index (κ2) is 9.66. The van der Waals surface area contributed by atoms with E-state index in [1.807, 2.05) is 25.1 Å². The van der Waals surface area contributed by atoms with E-state index in [9.17, 15) is 9.59 Å². The molecule has 0 bridgehead atoms. The number of rotatable bonds is 6. The number of carbonyl (C=O) groups excluding carboxylic acids is 2. The molecular weight excluding hydrogens is 402 g/mol. The molecule has 0 aromatic heterocycles. The monoisotopic (exact) mass is 429 g/mol. The van der Waals surface area contributed by atoms with Crippen molar-refractivity contribution in [2.45, 2.75) is 25.9 Å². The van der Waals surface area contributed by atoms with Crippen LogP contribution in [0.2, 0.25) is 0 Å². The van der Waals surface area contributed by atoms with Crippen molar-refractivity contribution in [3.05, 3.63) is 89.5 Å². The molecule has 0 saturated heterocycles. The number of hydrogen-bond donors (Lipinski definition) is 2. The Balaban J connectivity index is 1.36. The van der Waals surface area contributed by atoms with Gasteiger partial charge in [-0.15, -0.1) is 0 Å². The van der Waals surface area contributed by atoms with Crippen LogP contribution in [0.25, 0.3) is 0 Å². The molecule has 1 atom stereocenters. The van der Waals surface area contributed by atoms with Gasteiger partial charge in [0.15, 0.2) is 0 Å². The predicted molar refractivity (Wildman–Crippen MR) is 126 cm³/mol. The molecule has 1 aliphatic heterocycles. The van der Waals surface area contributed by atoms with Gasteiger partial charge in [-0.3, -0.25) is 14.5 Å². The van der Waals surface area contributed by atoms with Crippen LogP contribution < -0.4 is 15.4 Å². The molecule has 164 valence electrons. The summed E-state index contributed by atoms with van der Waals surface area (Å²) in [5.41, 5.74) is 4.40. The van der Waals surface area contributed by atoms with Crippen molar-refractivity contribution >= 4 is 23.2 Å². The van der Waals surface area contributed by atoms with Gasteiger partial charge in [0.05, 0.1) is 18.8 Å². The number of methoxy groups -OCH3 is 1. The first kappa shape index (κ1) is 21.6. The van der Waals surface area contributed by atoms with Crippen LogP contribution in [0.1, 0.15) is 28.4 Å². The third-order valence-corrected chi connectivity index (χ3v) is 5.86. The fourth-order valence-corrected chi connectivity index (χ4v) is 3.91. The molecular formula is C26H27N3O3. The highest BCUT2D eigenvalue weighted by molar-refractivity contribution is 6.05. The van der Waals surface area contributed by atoms with E-state index in [4.69, 9.17) is 4.74 Å². The Morgan fingerprint density at radius 3 is 2.34 bits per heavy atom. The lowest BCUT2D eigenvalue weighted by atomic mass is 9.99. The van der Waals surface area contributed by atoms with Crippen LogP contribution in [0.4, 0.5) is 11.4 Å². The van der Waals surface area contributed by atoms with Crippen molar-refractivity contribution in [1.82, 2.24) is 4.90 Å². The number of amides is 2. The normalized spacial score (nSPS) is 14.2. The van der Waals surface area contributed by atoms with Gasteiger partial charge in [0.2, 0.25) is 5.91 Å². The van der Waals surface area contributed by atoms with E-state index in [1.54, 1.807) is 43.5 Å². The fourth-order valence-electron chi connectivity index (χ4n) is 3.91. The Kier molecular flexibility index (Phi) is 6.52. The van der Waals surface area contributed by atoms with E-state index in [0.717, 1.165) is 19.5 Å². The number of hydrogen-bond acceptors (Lipinski definition) is 4. The molecule has 0 radical (unpaired) electrons. The molecule has 0 fully saturated rings. The second-order valence-electron chi connectivity index (χ2n) is 7.89. The van der Waals surface area contributed by atoms with Gasteiger partial charge < -0.3 is 15.4 Å². The minimum atomic E-state index is -0.253. The zero-order chi connectivity index (χ0) is 22.5. The van der Waals surface area contributed by atoms with E-state index in [0.29, 0.717) is 22.7 Å². The molecule has 4 rings (SSSR count). The second-order valence-corrected chi connectivity index (χ2v) is 7.89. The number of nitrogens with zero attached hydrogens (tertiary/aromatic N) is 1. The maximum absolute atomic E-state index is 12.8. The van der Waals surface area contributed by atoms with Crippen molar-refractivity contribution in [1.29, 1.82) is 0 Å². The van der Waals surface area contributed by atoms with Crippen molar-refractivity contribution in [2.24, 2.45) is 0 Å². The van der Waals surface area contributed by atoms with Gasteiger partial charge >= 0.3 is 0 Å². The van der Waals surface area contributed by atoms with Gasteiger partial charge in [-0.05, 0) is 60.9 Å². The Morgan fingerprint density at radius 2 is 1.59 bits per heavy atom. The van der Waals surface area contributed by atoms with Gasteiger partial charge in [0.1, 0.15) is 5.75 Å². The summed E-state index contributed by atoms with van der Waals surface area (Å²) in [4.78, 5) is 27.6. The minimum absolute atomic E-state index is 0.0596. The average molecular weight is 430 g/mol. The molecule has 32 heavy (non-hydrogen) atoms. The van der Waals surface area contributed by atoms with Gasteiger partial charge in [0, 0.05) is 24.3 Å². The maximum Gasteiger partial charge on any atom is 0.255 e. The molecule has 1 aliphatic rings. The summed E-state index contributed by atoms with van der Waals surface area (Å²) in [5, 5.41) is 5.81. The summed E-state index contributed by atoms with van der Waals surface area (Å²) in [5.74, 6) is 0.294. The Labute approximate surface area is 188 Å². The Morgan fingerprint density at radius 1 is 0.906 bits per heavy atom. The predicted octanol–water partition coefficient (Wildman–Crippen LogP) is 4.33. The molecule has 0 aliphatic carbocycles. The Hall–Kier alpha value is -3.64. The molecule has 3 aromatic carbocycles. The topological polar surface area (TPSA) is 70.7 Å². The fraction of sp³-hybridized carbons (Fsp3) is 0.231. The van der Waals surface area contributed by atoms with Crippen LogP contribution in [0.15, 0.2) is 72.8 Å². The van der Waals surface area contributed by atoms with E-state index < -0.39 is 0 Å². The first-order valence-electron chi connectivity index (χ1n) is 10.7. The van der Waals surface area contributed by atoms with Crippen LogP contribution in [0, 0.1) is 0 Å². The highest BCUT2D eigenvalue weighted by Gasteiger charge is 2.25. The van der Waals surface area contributed by atoms with Gasteiger partial charge in [-0.1, -0.05) is 36.4 Å². The lowest BCUT2D eigenvalue weighted by Crippen LogP contribution is -2.44. The number of ether oxygens (including phenoxy) is 1. The van der Waals surface area contributed by atoms with Crippen LogP contribution >= 0.6 is 0 Å². The van der Waals surface area contributed by atoms with Crippen molar-refractivity contribution < 1.29 is 14.3 Å². The number of benzene rings is 3. The third-order valence-electron chi connectivity index (χ3n) is 5.86. The summed E-state index contributed by atoms with van der Waals surface area (Å²) in [6.07, 6.45) is 0.948. The van der Waals surface area contributed by atoms with Gasteiger partial charge in [-0.2, -0.15) is 0 Å².